The maximum Gasteiger partial charge on any atom is 0.107 e. The largest absolute Gasteiger partial charge is 0.511 e. The predicted molar refractivity (Wildman–Crippen MR) is 41.8 cm³/mol. The summed E-state index contributed by atoms with van der Waals surface area (Å²) in [6.07, 6.45) is 3.12. The van der Waals surface area contributed by atoms with Crippen molar-refractivity contribution in [3.05, 3.63) is 21.3 Å². The van der Waals surface area contributed by atoms with Crippen LogP contribution in [0.25, 0.3) is 0 Å². The summed E-state index contributed by atoms with van der Waals surface area (Å²) in [6.45, 7) is 0. The Morgan fingerprint density at radius 2 is 2.22 bits per heavy atom. The normalized spacial score (nSPS) is 20.0. The summed E-state index contributed by atoms with van der Waals surface area (Å²) in [4.78, 5) is 0. The summed E-state index contributed by atoms with van der Waals surface area (Å²) >= 11 is 8.83. The van der Waals surface area contributed by atoms with Gasteiger partial charge < -0.3 is 5.11 Å². The first kappa shape index (κ1) is 7.16. The highest BCUT2D eigenvalue weighted by Gasteiger charge is 2.07. The topological polar surface area (TPSA) is 20.2 Å². The molecule has 50 valence electrons. The summed E-state index contributed by atoms with van der Waals surface area (Å²) in [6, 6.07) is 0. The van der Waals surface area contributed by atoms with E-state index in [0.717, 1.165) is 11.5 Å². The van der Waals surface area contributed by atoms with Gasteiger partial charge in [-0.3, -0.25) is 0 Å². The van der Waals surface area contributed by atoms with Gasteiger partial charge in [-0.2, -0.15) is 0 Å². The van der Waals surface area contributed by atoms with Crippen LogP contribution in [0.5, 0.6) is 0 Å². The van der Waals surface area contributed by atoms with Crippen molar-refractivity contribution in [2.45, 2.75) is 12.8 Å². The van der Waals surface area contributed by atoms with E-state index in [0.29, 0.717) is 16.7 Å². The van der Waals surface area contributed by atoms with Gasteiger partial charge in [-0.05, 0) is 28.4 Å². The number of halogens is 2. The maximum atomic E-state index is 9.02. The van der Waals surface area contributed by atoms with Crippen LogP contribution < -0.4 is 0 Å². The van der Waals surface area contributed by atoms with Gasteiger partial charge in [0.15, 0.2) is 0 Å². The van der Waals surface area contributed by atoms with Gasteiger partial charge in [0.1, 0.15) is 5.76 Å². The monoisotopic (exact) mass is 208 g/mol. The van der Waals surface area contributed by atoms with Crippen LogP contribution in [0, 0.1) is 0 Å². The van der Waals surface area contributed by atoms with Crippen LogP contribution in [0.4, 0.5) is 0 Å². The fraction of sp³-hybridized carbons (Fsp3) is 0.333. The highest BCUT2D eigenvalue weighted by molar-refractivity contribution is 9.11. The van der Waals surface area contributed by atoms with Gasteiger partial charge in [0.25, 0.3) is 0 Å². The molecule has 0 fully saturated rings. The van der Waals surface area contributed by atoms with Crippen LogP contribution in [-0.4, -0.2) is 5.11 Å². The van der Waals surface area contributed by atoms with Crippen molar-refractivity contribution >= 4 is 27.5 Å². The SMILES string of the molecule is OC1=C(Br)C=C(Cl)CC1. The second kappa shape index (κ2) is 2.76. The van der Waals surface area contributed by atoms with Gasteiger partial charge in [0.05, 0.1) is 4.48 Å². The molecule has 0 saturated heterocycles. The number of aliphatic hydroxyl groups excluding tert-OH is 1. The van der Waals surface area contributed by atoms with E-state index in [-0.39, 0.29) is 0 Å². The number of hydrogen-bond donors (Lipinski definition) is 1. The van der Waals surface area contributed by atoms with Crippen LogP contribution in [0.3, 0.4) is 0 Å². The highest BCUT2D eigenvalue weighted by Crippen LogP contribution is 2.27. The zero-order valence-electron chi connectivity index (χ0n) is 4.69. The summed E-state index contributed by atoms with van der Waals surface area (Å²) in [7, 11) is 0. The molecule has 0 amide bonds. The summed E-state index contributed by atoms with van der Waals surface area (Å²) in [5, 5.41) is 9.82. The van der Waals surface area contributed by atoms with Gasteiger partial charge in [0.2, 0.25) is 0 Å². The first-order chi connectivity index (χ1) is 4.20. The zero-order chi connectivity index (χ0) is 6.85. The molecular formula is C6H6BrClO. The molecule has 3 heteroatoms. The Labute approximate surface area is 67.1 Å². The minimum absolute atomic E-state index is 0.388. The number of hydrogen-bond acceptors (Lipinski definition) is 1. The molecule has 0 saturated carbocycles. The predicted octanol–water partition coefficient (Wildman–Crippen LogP) is 3.07. The molecule has 0 aromatic heterocycles. The molecule has 0 aromatic rings. The van der Waals surface area contributed by atoms with Gasteiger partial charge >= 0.3 is 0 Å². The number of aliphatic hydroxyl groups is 1. The molecule has 0 heterocycles. The van der Waals surface area contributed by atoms with Crippen molar-refractivity contribution in [2.24, 2.45) is 0 Å². The molecule has 0 unspecified atom stereocenters. The van der Waals surface area contributed by atoms with E-state index >= 15 is 0 Å². The Morgan fingerprint density at radius 1 is 1.56 bits per heavy atom. The molecule has 0 spiro atoms. The molecule has 1 N–H and O–H groups in total. The molecule has 1 aliphatic carbocycles. The Balaban J connectivity index is 2.83. The Kier molecular flexibility index (Phi) is 2.19. The first-order valence-corrected chi connectivity index (χ1v) is 3.81. The molecule has 1 aliphatic rings. The van der Waals surface area contributed by atoms with Crippen LogP contribution in [0.1, 0.15) is 12.8 Å². The molecule has 9 heavy (non-hydrogen) atoms. The van der Waals surface area contributed by atoms with Crippen molar-refractivity contribution in [1.82, 2.24) is 0 Å². The van der Waals surface area contributed by atoms with E-state index in [1.165, 1.54) is 0 Å². The van der Waals surface area contributed by atoms with E-state index in [4.69, 9.17) is 16.7 Å². The van der Waals surface area contributed by atoms with Crippen LogP contribution in [0.2, 0.25) is 0 Å². The fourth-order valence-corrected chi connectivity index (χ4v) is 1.46. The molecule has 0 radical (unpaired) electrons. The second-order valence-electron chi connectivity index (χ2n) is 1.89. The average molecular weight is 209 g/mol. The zero-order valence-corrected chi connectivity index (χ0v) is 7.04. The van der Waals surface area contributed by atoms with E-state index < -0.39 is 0 Å². The quantitative estimate of drug-likeness (QED) is 0.650. The lowest BCUT2D eigenvalue weighted by Gasteiger charge is -2.06. The van der Waals surface area contributed by atoms with E-state index in [1.54, 1.807) is 6.08 Å². The Morgan fingerprint density at radius 3 is 2.67 bits per heavy atom. The van der Waals surface area contributed by atoms with Crippen molar-refractivity contribution < 1.29 is 5.11 Å². The fourth-order valence-electron chi connectivity index (χ4n) is 0.650. The maximum absolute atomic E-state index is 9.02. The van der Waals surface area contributed by atoms with Crippen LogP contribution in [0.15, 0.2) is 21.3 Å². The van der Waals surface area contributed by atoms with Crippen LogP contribution in [-0.2, 0) is 0 Å². The van der Waals surface area contributed by atoms with Crippen molar-refractivity contribution in [2.75, 3.05) is 0 Å². The third kappa shape index (κ3) is 1.73. The molecule has 0 bridgehead atoms. The van der Waals surface area contributed by atoms with Crippen LogP contribution >= 0.6 is 27.5 Å². The average Bonchev–Trinajstić information content (AvgIpc) is 1.80. The molecule has 1 nitrogen and oxygen atoms in total. The van der Waals surface area contributed by atoms with Crippen molar-refractivity contribution in [3.8, 4) is 0 Å². The third-order valence-corrected chi connectivity index (χ3v) is 2.14. The molecule has 0 atom stereocenters. The lowest BCUT2D eigenvalue weighted by molar-refractivity contribution is 0.386. The summed E-state index contributed by atoms with van der Waals surface area (Å²) < 4.78 is 0.707. The number of rotatable bonds is 0. The lowest BCUT2D eigenvalue weighted by atomic mass is 10.2. The van der Waals surface area contributed by atoms with Crippen molar-refractivity contribution in [1.29, 1.82) is 0 Å². The minimum atomic E-state index is 0.388. The second-order valence-corrected chi connectivity index (χ2v) is 3.23. The smallest absolute Gasteiger partial charge is 0.107 e. The van der Waals surface area contributed by atoms with Gasteiger partial charge in [0, 0.05) is 11.5 Å². The third-order valence-electron chi connectivity index (χ3n) is 1.16. The minimum Gasteiger partial charge on any atom is -0.511 e. The highest BCUT2D eigenvalue weighted by atomic mass is 79.9. The molecule has 0 aliphatic heterocycles. The first-order valence-electron chi connectivity index (χ1n) is 2.64. The summed E-state index contributed by atoms with van der Waals surface area (Å²) in [5.41, 5.74) is 0. The van der Waals surface area contributed by atoms with E-state index in [1.807, 2.05) is 0 Å². The Bertz CT molecular complexity index is 183. The lowest BCUT2D eigenvalue weighted by Crippen LogP contribution is -1.90. The van der Waals surface area contributed by atoms with Gasteiger partial charge in [-0.15, -0.1) is 0 Å². The number of allylic oxidation sites excluding steroid dienone is 4. The van der Waals surface area contributed by atoms with E-state index in [9.17, 15) is 0 Å². The van der Waals surface area contributed by atoms with Gasteiger partial charge in [-0.1, -0.05) is 11.6 Å². The summed E-state index contributed by atoms with van der Waals surface area (Å²) in [5.74, 6) is 0.388. The Hall–Kier alpha value is 0.0500. The van der Waals surface area contributed by atoms with Crippen molar-refractivity contribution in [3.63, 3.8) is 0 Å². The molecule has 0 aromatic carbocycles. The molecule has 1 rings (SSSR count). The molecular weight excluding hydrogens is 203 g/mol. The standard InChI is InChI=1S/C6H6BrClO/c7-5-3-4(8)1-2-6(5)9/h3,9H,1-2H2. The van der Waals surface area contributed by atoms with E-state index in [2.05, 4.69) is 15.9 Å². The van der Waals surface area contributed by atoms with Gasteiger partial charge in [-0.25, -0.2) is 0 Å².